The molecule has 3 heteroatoms. The molecule has 0 saturated carbocycles. The zero-order valence-electron chi connectivity index (χ0n) is 7.20. The number of ether oxygens (including phenoxy) is 1. The average Bonchev–Trinajstić information content (AvgIpc) is 2.19. The van der Waals surface area contributed by atoms with E-state index in [9.17, 15) is 9.18 Å². The van der Waals surface area contributed by atoms with E-state index in [1.165, 1.54) is 0 Å². The second-order valence-corrected chi connectivity index (χ2v) is 2.55. The zero-order chi connectivity index (χ0) is 9.52. The molecular formula is C10H11FO2. The zero-order valence-corrected chi connectivity index (χ0v) is 7.20. The molecule has 0 heterocycles. The largest absolute Gasteiger partial charge is 0.493 e. The molecular weight excluding hydrogens is 171 g/mol. The second kappa shape index (κ2) is 5.30. The Labute approximate surface area is 76.3 Å². The van der Waals surface area contributed by atoms with Crippen LogP contribution in [0.1, 0.15) is 16.8 Å². The summed E-state index contributed by atoms with van der Waals surface area (Å²) in [5.74, 6) is 0.519. The predicted octanol–water partition coefficient (Wildman–Crippen LogP) is 2.24. The maximum absolute atomic E-state index is 11.7. The summed E-state index contributed by atoms with van der Waals surface area (Å²) in [6, 6.07) is 6.89. The van der Waals surface area contributed by atoms with Gasteiger partial charge < -0.3 is 4.74 Å². The summed E-state index contributed by atoms with van der Waals surface area (Å²) in [5.41, 5.74) is 0.501. The SMILES string of the molecule is O=Cc1ccccc1OCCCF. The molecule has 0 aliphatic heterocycles. The fourth-order valence-corrected chi connectivity index (χ4v) is 0.946. The number of carbonyl (C=O) groups excluding carboxylic acids is 1. The topological polar surface area (TPSA) is 26.3 Å². The fraction of sp³-hybridized carbons (Fsp3) is 0.300. The molecule has 0 aliphatic rings. The number of benzene rings is 1. The van der Waals surface area contributed by atoms with E-state index in [4.69, 9.17) is 4.74 Å². The monoisotopic (exact) mass is 182 g/mol. The van der Waals surface area contributed by atoms with Gasteiger partial charge in [-0.3, -0.25) is 9.18 Å². The number of hydrogen-bond donors (Lipinski definition) is 0. The fourth-order valence-electron chi connectivity index (χ4n) is 0.946. The van der Waals surface area contributed by atoms with E-state index in [0.29, 0.717) is 24.3 Å². The highest BCUT2D eigenvalue weighted by Gasteiger charge is 1.99. The second-order valence-electron chi connectivity index (χ2n) is 2.55. The predicted molar refractivity (Wildman–Crippen MR) is 47.9 cm³/mol. The van der Waals surface area contributed by atoms with Crippen LogP contribution < -0.4 is 4.74 Å². The quantitative estimate of drug-likeness (QED) is 0.515. The van der Waals surface area contributed by atoms with Crippen LogP contribution in [-0.4, -0.2) is 19.6 Å². The van der Waals surface area contributed by atoms with Crippen LogP contribution in [0.25, 0.3) is 0 Å². The lowest BCUT2D eigenvalue weighted by Crippen LogP contribution is -2.00. The maximum Gasteiger partial charge on any atom is 0.153 e. The van der Waals surface area contributed by atoms with E-state index in [1.54, 1.807) is 24.3 Å². The number of carbonyl (C=O) groups is 1. The first-order valence-electron chi connectivity index (χ1n) is 4.11. The van der Waals surface area contributed by atoms with Gasteiger partial charge in [0.2, 0.25) is 0 Å². The van der Waals surface area contributed by atoms with Gasteiger partial charge in [-0.1, -0.05) is 12.1 Å². The van der Waals surface area contributed by atoms with Gasteiger partial charge in [0.05, 0.1) is 18.8 Å². The van der Waals surface area contributed by atoms with Crippen LogP contribution in [0, 0.1) is 0 Å². The van der Waals surface area contributed by atoms with E-state index < -0.39 is 6.67 Å². The van der Waals surface area contributed by atoms with Crippen molar-refractivity contribution in [3.05, 3.63) is 29.8 Å². The van der Waals surface area contributed by atoms with Crippen LogP contribution in [0.2, 0.25) is 0 Å². The standard InChI is InChI=1S/C10H11FO2/c11-6-3-7-13-10-5-2-1-4-9(10)8-12/h1-2,4-5,8H,3,6-7H2. The van der Waals surface area contributed by atoms with Gasteiger partial charge in [0, 0.05) is 6.42 Å². The molecule has 1 aromatic carbocycles. The smallest absolute Gasteiger partial charge is 0.153 e. The van der Waals surface area contributed by atoms with Gasteiger partial charge in [0.1, 0.15) is 5.75 Å². The van der Waals surface area contributed by atoms with Crippen molar-refractivity contribution < 1.29 is 13.9 Å². The summed E-state index contributed by atoms with van der Waals surface area (Å²) < 4.78 is 16.9. The molecule has 2 nitrogen and oxygen atoms in total. The molecule has 70 valence electrons. The number of halogens is 1. The van der Waals surface area contributed by atoms with Gasteiger partial charge >= 0.3 is 0 Å². The van der Waals surface area contributed by atoms with Gasteiger partial charge in [0.15, 0.2) is 6.29 Å². The Balaban J connectivity index is 2.59. The van der Waals surface area contributed by atoms with Crippen LogP contribution in [0.3, 0.4) is 0 Å². The highest BCUT2D eigenvalue weighted by molar-refractivity contribution is 5.79. The van der Waals surface area contributed by atoms with E-state index in [-0.39, 0.29) is 0 Å². The summed E-state index contributed by atoms with van der Waals surface area (Å²) in [4.78, 5) is 10.5. The molecule has 0 N–H and O–H groups in total. The third kappa shape index (κ3) is 2.86. The molecule has 0 atom stereocenters. The van der Waals surface area contributed by atoms with Crippen molar-refractivity contribution in [3.8, 4) is 5.75 Å². The van der Waals surface area contributed by atoms with Crippen molar-refractivity contribution in [3.63, 3.8) is 0 Å². The summed E-state index contributed by atoms with van der Waals surface area (Å²) in [6.07, 6.45) is 1.08. The van der Waals surface area contributed by atoms with Crippen molar-refractivity contribution in [1.29, 1.82) is 0 Å². The number of alkyl halides is 1. The molecule has 1 rings (SSSR count). The van der Waals surface area contributed by atoms with E-state index in [1.807, 2.05) is 0 Å². The Bertz CT molecular complexity index is 273. The summed E-state index contributed by atoms with van der Waals surface area (Å²) >= 11 is 0. The van der Waals surface area contributed by atoms with Crippen molar-refractivity contribution in [2.45, 2.75) is 6.42 Å². The van der Waals surface area contributed by atoms with Gasteiger partial charge in [-0.15, -0.1) is 0 Å². The summed E-state index contributed by atoms with van der Waals surface area (Å²) in [6.45, 7) is -0.0926. The number of aldehydes is 1. The Kier molecular flexibility index (Phi) is 3.96. The summed E-state index contributed by atoms with van der Waals surface area (Å²) in [5, 5.41) is 0. The van der Waals surface area contributed by atoms with Crippen LogP contribution in [0.15, 0.2) is 24.3 Å². The number of rotatable bonds is 5. The molecule has 0 bridgehead atoms. The van der Waals surface area contributed by atoms with Crippen LogP contribution >= 0.6 is 0 Å². The van der Waals surface area contributed by atoms with Crippen molar-refractivity contribution in [2.75, 3.05) is 13.3 Å². The van der Waals surface area contributed by atoms with Crippen LogP contribution in [0.5, 0.6) is 5.75 Å². The molecule has 13 heavy (non-hydrogen) atoms. The third-order valence-electron chi connectivity index (χ3n) is 1.58. The Morgan fingerprint density at radius 3 is 2.85 bits per heavy atom. The first-order valence-corrected chi connectivity index (χ1v) is 4.11. The van der Waals surface area contributed by atoms with Crippen molar-refractivity contribution >= 4 is 6.29 Å². The lowest BCUT2D eigenvalue weighted by molar-refractivity contribution is 0.111. The minimum absolute atomic E-state index is 0.307. The first kappa shape index (κ1) is 9.71. The molecule has 0 aromatic heterocycles. The van der Waals surface area contributed by atoms with E-state index in [2.05, 4.69) is 0 Å². The molecule has 0 saturated heterocycles. The van der Waals surface area contributed by atoms with Gasteiger partial charge in [-0.25, -0.2) is 0 Å². The molecule has 0 fully saturated rings. The minimum atomic E-state index is -0.400. The maximum atomic E-state index is 11.7. The van der Waals surface area contributed by atoms with Crippen molar-refractivity contribution in [2.24, 2.45) is 0 Å². The Morgan fingerprint density at radius 1 is 1.38 bits per heavy atom. The lowest BCUT2D eigenvalue weighted by atomic mass is 10.2. The van der Waals surface area contributed by atoms with Crippen LogP contribution in [0.4, 0.5) is 4.39 Å². The Hall–Kier alpha value is -1.38. The average molecular weight is 182 g/mol. The molecule has 0 radical (unpaired) electrons. The minimum Gasteiger partial charge on any atom is -0.493 e. The van der Waals surface area contributed by atoms with Gasteiger partial charge in [0.25, 0.3) is 0 Å². The van der Waals surface area contributed by atoms with Gasteiger partial charge in [-0.2, -0.15) is 0 Å². The Morgan fingerprint density at radius 2 is 2.15 bits per heavy atom. The lowest BCUT2D eigenvalue weighted by Gasteiger charge is -2.05. The third-order valence-corrected chi connectivity index (χ3v) is 1.58. The molecule has 0 amide bonds. The normalized spacial score (nSPS) is 9.62. The van der Waals surface area contributed by atoms with Gasteiger partial charge in [-0.05, 0) is 12.1 Å². The highest BCUT2D eigenvalue weighted by Crippen LogP contribution is 2.15. The molecule has 0 spiro atoms. The highest BCUT2D eigenvalue weighted by atomic mass is 19.1. The summed E-state index contributed by atoms with van der Waals surface area (Å²) in [7, 11) is 0. The van der Waals surface area contributed by atoms with Crippen molar-refractivity contribution in [1.82, 2.24) is 0 Å². The van der Waals surface area contributed by atoms with E-state index in [0.717, 1.165) is 6.29 Å². The number of para-hydroxylation sites is 1. The van der Waals surface area contributed by atoms with Crippen LogP contribution in [-0.2, 0) is 0 Å². The van der Waals surface area contributed by atoms with E-state index >= 15 is 0 Å². The molecule has 0 unspecified atom stereocenters. The first-order chi connectivity index (χ1) is 6.38. The molecule has 0 aliphatic carbocycles. The number of hydrogen-bond acceptors (Lipinski definition) is 2. The molecule has 1 aromatic rings.